The molecule has 0 fully saturated rings. The predicted molar refractivity (Wildman–Crippen MR) is 113 cm³/mol. The highest BCUT2D eigenvalue weighted by Gasteiger charge is 2.27. The summed E-state index contributed by atoms with van der Waals surface area (Å²) in [5.74, 6) is 1.85. The lowest BCUT2D eigenvalue weighted by Crippen LogP contribution is -2.36. The molecule has 1 aromatic heterocycles. The van der Waals surface area contributed by atoms with Crippen LogP contribution in [0.1, 0.15) is 0 Å². The molecular formula is C19H17BrN2O3S2. The number of amides is 1. The van der Waals surface area contributed by atoms with Gasteiger partial charge >= 0.3 is 0 Å². The molecule has 2 heterocycles. The zero-order valence-electron chi connectivity index (χ0n) is 14.6. The van der Waals surface area contributed by atoms with E-state index in [4.69, 9.17) is 9.47 Å². The zero-order valence-corrected chi connectivity index (χ0v) is 17.8. The van der Waals surface area contributed by atoms with Crippen molar-refractivity contribution in [3.8, 4) is 11.5 Å². The van der Waals surface area contributed by atoms with Crippen LogP contribution < -0.4 is 14.3 Å². The summed E-state index contributed by atoms with van der Waals surface area (Å²) in [7, 11) is 0. The third kappa shape index (κ3) is 3.93. The molecule has 0 radical (unpaired) electrons. The van der Waals surface area contributed by atoms with Gasteiger partial charge in [0.2, 0.25) is 6.10 Å². The standard InChI is InChI=1S/C19H17BrN2O3S2/c1-26-9-8-22-13-7-6-12(20)10-17(13)27-19(22)21-18(23)16-11-24-14-4-2-3-5-15(14)25-16/h2-7,10,16H,8-9,11H2,1H3. The first-order chi connectivity index (χ1) is 13.2. The summed E-state index contributed by atoms with van der Waals surface area (Å²) >= 11 is 6.78. The number of carbonyl (C=O) groups is 1. The van der Waals surface area contributed by atoms with Crippen molar-refractivity contribution in [2.45, 2.75) is 12.6 Å². The second-order valence-corrected chi connectivity index (χ2v) is 8.87. The minimum Gasteiger partial charge on any atom is -0.485 e. The zero-order chi connectivity index (χ0) is 18.8. The van der Waals surface area contributed by atoms with Gasteiger partial charge in [0.05, 0.1) is 10.2 Å². The molecule has 0 N–H and O–H groups in total. The first-order valence-corrected chi connectivity index (χ1v) is 11.4. The van der Waals surface area contributed by atoms with Crippen molar-refractivity contribution in [2.75, 3.05) is 18.6 Å². The molecule has 5 nitrogen and oxygen atoms in total. The van der Waals surface area contributed by atoms with Crippen LogP contribution in [0.3, 0.4) is 0 Å². The maximum Gasteiger partial charge on any atom is 0.292 e. The van der Waals surface area contributed by atoms with Crippen LogP contribution in [0.15, 0.2) is 51.9 Å². The smallest absolute Gasteiger partial charge is 0.292 e. The number of aromatic nitrogens is 1. The molecule has 140 valence electrons. The van der Waals surface area contributed by atoms with Crippen molar-refractivity contribution in [1.82, 2.24) is 4.57 Å². The van der Waals surface area contributed by atoms with E-state index in [0.29, 0.717) is 16.3 Å². The number of aryl methyl sites for hydroxylation is 1. The summed E-state index contributed by atoms with van der Waals surface area (Å²) in [5.41, 5.74) is 1.08. The molecule has 0 aliphatic carbocycles. The van der Waals surface area contributed by atoms with E-state index < -0.39 is 6.10 Å². The van der Waals surface area contributed by atoms with Crippen LogP contribution in [0.25, 0.3) is 10.2 Å². The first kappa shape index (κ1) is 18.6. The number of hydrogen-bond acceptors (Lipinski definition) is 5. The Bertz CT molecular complexity index is 1060. The number of ether oxygens (including phenoxy) is 2. The topological polar surface area (TPSA) is 52.8 Å². The minimum atomic E-state index is -0.731. The molecule has 27 heavy (non-hydrogen) atoms. The SMILES string of the molecule is CSCCn1c(=NC(=O)C2COc3ccccc3O2)sc2cc(Br)ccc21. The highest BCUT2D eigenvalue weighted by molar-refractivity contribution is 9.10. The van der Waals surface area contributed by atoms with E-state index >= 15 is 0 Å². The van der Waals surface area contributed by atoms with Crippen molar-refractivity contribution >= 4 is 55.2 Å². The van der Waals surface area contributed by atoms with E-state index in [1.807, 2.05) is 24.3 Å². The van der Waals surface area contributed by atoms with E-state index in [0.717, 1.165) is 27.0 Å². The molecule has 3 aromatic rings. The van der Waals surface area contributed by atoms with Gasteiger partial charge in [-0.1, -0.05) is 39.4 Å². The van der Waals surface area contributed by atoms with Gasteiger partial charge in [-0.05, 0) is 36.6 Å². The van der Waals surface area contributed by atoms with Crippen LogP contribution in [0.2, 0.25) is 0 Å². The maximum absolute atomic E-state index is 12.8. The Morgan fingerprint density at radius 2 is 2.15 bits per heavy atom. The highest BCUT2D eigenvalue weighted by atomic mass is 79.9. The highest BCUT2D eigenvalue weighted by Crippen LogP contribution is 2.31. The quantitative estimate of drug-likeness (QED) is 0.583. The lowest BCUT2D eigenvalue weighted by Gasteiger charge is -2.23. The van der Waals surface area contributed by atoms with E-state index in [1.165, 1.54) is 11.3 Å². The second-order valence-electron chi connectivity index (χ2n) is 5.96. The molecule has 0 saturated carbocycles. The van der Waals surface area contributed by atoms with E-state index in [1.54, 1.807) is 17.8 Å². The Balaban J connectivity index is 1.68. The second kappa shape index (κ2) is 8.08. The van der Waals surface area contributed by atoms with Gasteiger partial charge in [-0.3, -0.25) is 4.79 Å². The lowest BCUT2D eigenvalue weighted by molar-refractivity contribution is -0.127. The fourth-order valence-corrected chi connectivity index (χ4v) is 4.82. The predicted octanol–water partition coefficient (Wildman–Crippen LogP) is 4.10. The van der Waals surface area contributed by atoms with Gasteiger partial charge in [0.25, 0.3) is 5.91 Å². The van der Waals surface area contributed by atoms with Crippen molar-refractivity contribution in [3.63, 3.8) is 0 Å². The lowest BCUT2D eigenvalue weighted by atomic mass is 10.2. The fraction of sp³-hybridized carbons (Fsp3) is 0.263. The molecule has 4 rings (SSSR count). The molecule has 1 amide bonds. The molecule has 1 aliphatic rings. The van der Waals surface area contributed by atoms with Crippen LogP contribution in [-0.2, 0) is 11.3 Å². The third-order valence-corrected chi connectivity index (χ3v) is 6.28. The molecule has 1 unspecified atom stereocenters. The largest absolute Gasteiger partial charge is 0.485 e. The molecule has 8 heteroatoms. The van der Waals surface area contributed by atoms with Crippen molar-refractivity contribution in [2.24, 2.45) is 4.99 Å². The number of thiazole rings is 1. The summed E-state index contributed by atoms with van der Waals surface area (Å²) in [6.45, 7) is 0.959. The number of nitrogens with zero attached hydrogens (tertiary/aromatic N) is 2. The Morgan fingerprint density at radius 3 is 2.96 bits per heavy atom. The number of carbonyl (C=O) groups excluding carboxylic acids is 1. The fourth-order valence-electron chi connectivity index (χ4n) is 2.84. The van der Waals surface area contributed by atoms with Gasteiger partial charge < -0.3 is 14.0 Å². The third-order valence-electron chi connectivity index (χ3n) is 4.15. The van der Waals surface area contributed by atoms with E-state index in [9.17, 15) is 4.79 Å². The van der Waals surface area contributed by atoms with Gasteiger partial charge in [0.15, 0.2) is 16.3 Å². The average molecular weight is 465 g/mol. The molecule has 2 aromatic carbocycles. The van der Waals surface area contributed by atoms with E-state index in [2.05, 4.69) is 43.9 Å². The number of thioether (sulfide) groups is 1. The van der Waals surface area contributed by atoms with Crippen molar-refractivity contribution in [1.29, 1.82) is 0 Å². The summed E-state index contributed by atoms with van der Waals surface area (Å²) in [6, 6.07) is 13.5. The van der Waals surface area contributed by atoms with Crippen LogP contribution in [0.4, 0.5) is 0 Å². The Morgan fingerprint density at radius 1 is 1.33 bits per heavy atom. The maximum atomic E-state index is 12.8. The molecule has 0 bridgehead atoms. The number of rotatable bonds is 4. The molecule has 1 atom stereocenters. The Hall–Kier alpha value is -1.77. The van der Waals surface area contributed by atoms with E-state index in [-0.39, 0.29) is 12.5 Å². The number of benzene rings is 2. The Kier molecular flexibility index (Phi) is 5.56. The number of halogens is 1. The van der Waals surface area contributed by atoms with Crippen molar-refractivity contribution in [3.05, 3.63) is 51.7 Å². The Labute approximate surface area is 173 Å². The number of para-hydroxylation sites is 2. The van der Waals surface area contributed by atoms with Crippen LogP contribution in [0.5, 0.6) is 11.5 Å². The number of hydrogen-bond donors (Lipinski definition) is 0. The molecular weight excluding hydrogens is 448 g/mol. The molecule has 0 saturated heterocycles. The van der Waals surface area contributed by atoms with Crippen LogP contribution >= 0.6 is 39.0 Å². The van der Waals surface area contributed by atoms with Crippen LogP contribution in [-0.4, -0.2) is 35.2 Å². The monoisotopic (exact) mass is 464 g/mol. The normalized spacial score (nSPS) is 16.7. The van der Waals surface area contributed by atoms with Gasteiger partial charge in [0.1, 0.15) is 6.61 Å². The summed E-state index contributed by atoms with van der Waals surface area (Å²) in [4.78, 5) is 17.8. The first-order valence-electron chi connectivity index (χ1n) is 8.40. The van der Waals surface area contributed by atoms with Crippen LogP contribution in [0, 0.1) is 0 Å². The van der Waals surface area contributed by atoms with Gasteiger partial charge in [0, 0.05) is 16.8 Å². The van der Waals surface area contributed by atoms with Gasteiger partial charge in [-0.2, -0.15) is 16.8 Å². The summed E-state index contributed by atoms with van der Waals surface area (Å²) in [5, 5.41) is 0. The van der Waals surface area contributed by atoms with Gasteiger partial charge in [-0.15, -0.1) is 0 Å². The molecule has 0 spiro atoms. The average Bonchev–Trinajstić information content (AvgIpc) is 3.01. The van der Waals surface area contributed by atoms with Crippen molar-refractivity contribution < 1.29 is 14.3 Å². The minimum absolute atomic E-state index is 0.167. The summed E-state index contributed by atoms with van der Waals surface area (Å²) < 4.78 is 15.6. The summed E-state index contributed by atoms with van der Waals surface area (Å²) in [6.07, 6.45) is 1.34. The molecule has 1 aliphatic heterocycles. The van der Waals surface area contributed by atoms with Gasteiger partial charge in [-0.25, -0.2) is 0 Å². The number of fused-ring (bicyclic) bond motifs is 2.